The van der Waals surface area contributed by atoms with Gasteiger partial charge in [0.1, 0.15) is 7.85 Å². The van der Waals surface area contributed by atoms with Crippen molar-refractivity contribution < 1.29 is 18.0 Å². The lowest BCUT2D eigenvalue weighted by Crippen LogP contribution is -2.48. The second-order valence-electron chi connectivity index (χ2n) is 5.99. The molecule has 0 unspecified atom stereocenters. The van der Waals surface area contributed by atoms with Crippen LogP contribution in [0.2, 0.25) is 5.31 Å². The van der Waals surface area contributed by atoms with Crippen LogP contribution in [0.5, 0.6) is 0 Å². The second-order valence-corrected chi connectivity index (χ2v) is 5.99. The standard InChI is InChI=1S/C11H17BF3NO/c12-10-4-1-9(2-5-10,3-6-10)7-16-8(17)11(13,14)15/h1-7,12H2,(H,16,17). The Morgan fingerprint density at radius 2 is 1.59 bits per heavy atom. The monoisotopic (exact) mass is 247 g/mol. The molecule has 0 saturated heterocycles. The van der Waals surface area contributed by atoms with Crippen LogP contribution in [0.3, 0.4) is 0 Å². The highest BCUT2D eigenvalue weighted by Gasteiger charge is 2.47. The van der Waals surface area contributed by atoms with E-state index < -0.39 is 12.1 Å². The van der Waals surface area contributed by atoms with Crippen molar-refractivity contribution in [2.75, 3.05) is 6.54 Å². The van der Waals surface area contributed by atoms with Gasteiger partial charge in [-0.3, -0.25) is 4.79 Å². The van der Waals surface area contributed by atoms with E-state index in [1.807, 2.05) is 0 Å². The van der Waals surface area contributed by atoms with E-state index in [0.29, 0.717) is 5.31 Å². The van der Waals surface area contributed by atoms with Crippen LogP contribution < -0.4 is 5.32 Å². The average molecular weight is 247 g/mol. The highest BCUT2D eigenvalue weighted by atomic mass is 19.4. The maximum atomic E-state index is 12.1. The minimum Gasteiger partial charge on any atom is -0.348 e. The molecule has 1 N–H and O–H groups in total. The largest absolute Gasteiger partial charge is 0.471 e. The minimum absolute atomic E-state index is 0.0708. The summed E-state index contributed by atoms with van der Waals surface area (Å²) in [5.41, 5.74) is -0.0708. The molecule has 0 aliphatic heterocycles. The summed E-state index contributed by atoms with van der Waals surface area (Å²) in [6.07, 6.45) is 1.32. The number of hydrogen-bond donors (Lipinski definition) is 1. The van der Waals surface area contributed by atoms with Crippen molar-refractivity contribution in [2.45, 2.75) is 50.0 Å². The molecular formula is C11H17BF3NO. The van der Waals surface area contributed by atoms with E-state index in [9.17, 15) is 18.0 Å². The number of halogens is 3. The van der Waals surface area contributed by atoms with Gasteiger partial charge in [0.15, 0.2) is 0 Å². The Labute approximate surface area is 99.7 Å². The summed E-state index contributed by atoms with van der Waals surface area (Å²) in [6, 6.07) is 0. The molecule has 6 heteroatoms. The summed E-state index contributed by atoms with van der Waals surface area (Å²) in [5.74, 6) is -1.80. The molecule has 0 atom stereocenters. The summed E-state index contributed by atoms with van der Waals surface area (Å²) in [7, 11) is 2.25. The predicted octanol–water partition coefficient (Wildman–Crippen LogP) is 1.81. The van der Waals surface area contributed by atoms with Crippen LogP contribution in [-0.4, -0.2) is 26.5 Å². The molecule has 1 amide bonds. The van der Waals surface area contributed by atoms with E-state index in [0.717, 1.165) is 38.5 Å². The van der Waals surface area contributed by atoms with E-state index in [2.05, 4.69) is 13.2 Å². The zero-order valence-electron chi connectivity index (χ0n) is 9.99. The van der Waals surface area contributed by atoms with Gasteiger partial charge in [-0.15, -0.1) is 0 Å². The molecule has 3 aliphatic carbocycles. The first-order valence-electron chi connectivity index (χ1n) is 6.10. The Morgan fingerprint density at radius 3 is 2.00 bits per heavy atom. The highest BCUT2D eigenvalue weighted by Crippen LogP contribution is 2.59. The summed E-state index contributed by atoms with van der Waals surface area (Å²) in [4.78, 5) is 10.8. The van der Waals surface area contributed by atoms with Crippen LogP contribution in [0.15, 0.2) is 0 Å². The molecule has 3 aliphatic rings. The lowest BCUT2D eigenvalue weighted by Gasteiger charge is -2.52. The lowest BCUT2D eigenvalue weighted by atomic mass is 9.46. The van der Waals surface area contributed by atoms with Crippen LogP contribution >= 0.6 is 0 Å². The van der Waals surface area contributed by atoms with Crippen LogP contribution in [0.25, 0.3) is 0 Å². The predicted molar refractivity (Wildman–Crippen MR) is 60.4 cm³/mol. The first-order chi connectivity index (χ1) is 7.75. The van der Waals surface area contributed by atoms with Gasteiger partial charge in [-0.1, -0.05) is 24.6 Å². The summed E-state index contributed by atoms with van der Waals surface area (Å²) in [5, 5.41) is 2.46. The molecule has 2 nitrogen and oxygen atoms in total. The first kappa shape index (κ1) is 12.8. The van der Waals surface area contributed by atoms with Gasteiger partial charge in [-0.05, 0) is 24.7 Å². The zero-order valence-corrected chi connectivity index (χ0v) is 9.99. The Hall–Kier alpha value is -0.675. The topological polar surface area (TPSA) is 29.1 Å². The molecule has 17 heavy (non-hydrogen) atoms. The highest BCUT2D eigenvalue weighted by molar-refractivity contribution is 6.15. The summed E-state index contributed by atoms with van der Waals surface area (Å²) in [6.45, 7) is 0.182. The van der Waals surface area contributed by atoms with Crippen molar-refractivity contribution in [3.8, 4) is 0 Å². The maximum absolute atomic E-state index is 12.1. The van der Waals surface area contributed by atoms with Crippen molar-refractivity contribution in [1.29, 1.82) is 0 Å². The molecule has 3 rings (SSSR count). The van der Waals surface area contributed by atoms with E-state index in [4.69, 9.17) is 0 Å². The smallest absolute Gasteiger partial charge is 0.348 e. The Morgan fingerprint density at radius 1 is 1.12 bits per heavy atom. The zero-order chi connectivity index (χ0) is 12.7. The van der Waals surface area contributed by atoms with E-state index in [1.165, 1.54) is 0 Å². The molecule has 3 saturated carbocycles. The van der Waals surface area contributed by atoms with Crippen molar-refractivity contribution >= 4 is 13.8 Å². The number of amides is 1. The number of alkyl halides is 3. The quantitative estimate of drug-likeness (QED) is 0.741. The number of hydrogen-bond acceptors (Lipinski definition) is 1. The number of nitrogens with one attached hydrogen (secondary N) is 1. The third-order valence-corrected chi connectivity index (χ3v) is 4.66. The average Bonchev–Trinajstić information content (AvgIpc) is 2.27. The Bertz CT molecular complexity index is 305. The summed E-state index contributed by atoms with van der Waals surface area (Å²) < 4.78 is 36.3. The number of rotatable bonds is 2. The molecule has 0 heterocycles. The summed E-state index contributed by atoms with van der Waals surface area (Å²) >= 11 is 0. The van der Waals surface area contributed by atoms with E-state index in [1.54, 1.807) is 0 Å². The third-order valence-electron chi connectivity index (χ3n) is 4.66. The Kier molecular flexibility index (Phi) is 2.95. The van der Waals surface area contributed by atoms with Crippen molar-refractivity contribution in [1.82, 2.24) is 5.32 Å². The fourth-order valence-corrected chi connectivity index (χ4v) is 3.08. The van der Waals surface area contributed by atoms with Crippen molar-refractivity contribution in [3.05, 3.63) is 0 Å². The Balaban J connectivity index is 1.90. The lowest BCUT2D eigenvalue weighted by molar-refractivity contribution is -0.174. The van der Waals surface area contributed by atoms with Gasteiger partial charge in [0.25, 0.3) is 0 Å². The first-order valence-corrected chi connectivity index (χ1v) is 6.10. The van der Waals surface area contributed by atoms with Gasteiger partial charge < -0.3 is 5.32 Å². The molecule has 96 valence electrons. The molecule has 3 fully saturated rings. The van der Waals surface area contributed by atoms with E-state index >= 15 is 0 Å². The van der Waals surface area contributed by atoms with Gasteiger partial charge in [-0.2, -0.15) is 13.2 Å². The molecule has 0 aromatic heterocycles. The van der Waals surface area contributed by atoms with Gasteiger partial charge in [0, 0.05) is 6.54 Å². The number of carbonyl (C=O) groups is 1. The van der Waals surface area contributed by atoms with Gasteiger partial charge in [0.05, 0.1) is 0 Å². The molecule has 2 bridgehead atoms. The second kappa shape index (κ2) is 3.92. The molecule has 0 spiro atoms. The normalized spacial score (nSPS) is 36.9. The van der Waals surface area contributed by atoms with Gasteiger partial charge >= 0.3 is 12.1 Å². The van der Waals surface area contributed by atoms with Crippen LogP contribution in [-0.2, 0) is 4.79 Å². The van der Waals surface area contributed by atoms with Crippen LogP contribution in [0.1, 0.15) is 38.5 Å². The van der Waals surface area contributed by atoms with Crippen molar-refractivity contribution in [2.24, 2.45) is 5.41 Å². The molecule has 0 radical (unpaired) electrons. The van der Waals surface area contributed by atoms with Crippen LogP contribution in [0, 0.1) is 5.41 Å². The molecule has 0 aromatic rings. The number of fused-ring (bicyclic) bond motifs is 3. The number of carbonyl (C=O) groups excluding carboxylic acids is 1. The molecule has 0 aromatic carbocycles. The van der Waals surface area contributed by atoms with Crippen LogP contribution in [0.4, 0.5) is 13.2 Å². The fraction of sp³-hybridized carbons (Fsp3) is 0.909. The van der Waals surface area contributed by atoms with Gasteiger partial charge in [0.2, 0.25) is 0 Å². The minimum atomic E-state index is -4.76. The SMILES string of the molecule is BC12CCC(CNC(=O)C(F)(F)F)(CC1)CC2. The fourth-order valence-electron chi connectivity index (χ4n) is 3.08. The van der Waals surface area contributed by atoms with E-state index in [-0.39, 0.29) is 12.0 Å². The van der Waals surface area contributed by atoms with Crippen molar-refractivity contribution in [3.63, 3.8) is 0 Å². The molecular weight excluding hydrogens is 230 g/mol. The third kappa shape index (κ3) is 2.60. The maximum Gasteiger partial charge on any atom is 0.471 e. The van der Waals surface area contributed by atoms with Gasteiger partial charge in [-0.25, -0.2) is 0 Å².